The van der Waals surface area contributed by atoms with Crippen molar-refractivity contribution in [2.75, 3.05) is 6.61 Å². The molecule has 5 nitrogen and oxygen atoms in total. The van der Waals surface area contributed by atoms with Crippen molar-refractivity contribution in [3.63, 3.8) is 0 Å². The van der Waals surface area contributed by atoms with Crippen LogP contribution < -0.4 is 9.88 Å². The van der Waals surface area contributed by atoms with Crippen LogP contribution in [0.25, 0.3) is 0 Å². The molecule has 0 saturated heterocycles. The van der Waals surface area contributed by atoms with E-state index in [9.17, 15) is 8.42 Å². The molecule has 0 unspecified atom stereocenters. The standard InChI is InChI=1S/C17H16N2O3S/c1-2-11-22-17-6-4-3-5-15(17)13-19-12-14-7-9-16(10-8-14)23(18,20)21/h1,3-10,13H,11-12H2,(H2,18,20,21). The summed E-state index contributed by atoms with van der Waals surface area (Å²) in [6, 6.07) is 13.7. The molecule has 6 heteroatoms. The fourth-order valence-electron chi connectivity index (χ4n) is 1.87. The second-order valence-corrected chi connectivity index (χ2v) is 6.25. The number of benzene rings is 2. The number of primary sulfonamides is 1. The van der Waals surface area contributed by atoms with Crippen LogP contribution in [0.4, 0.5) is 0 Å². The predicted octanol–water partition coefficient (Wildman–Crippen LogP) is 1.97. The van der Waals surface area contributed by atoms with Gasteiger partial charge in [-0.1, -0.05) is 30.2 Å². The summed E-state index contributed by atoms with van der Waals surface area (Å²) >= 11 is 0. The van der Waals surface area contributed by atoms with Gasteiger partial charge in [0.1, 0.15) is 12.4 Å². The van der Waals surface area contributed by atoms with E-state index in [4.69, 9.17) is 16.3 Å². The van der Waals surface area contributed by atoms with Gasteiger partial charge in [-0.05, 0) is 29.8 Å². The lowest BCUT2D eigenvalue weighted by atomic mass is 10.2. The van der Waals surface area contributed by atoms with Crippen molar-refractivity contribution in [1.29, 1.82) is 0 Å². The van der Waals surface area contributed by atoms with E-state index >= 15 is 0 Å². The summed E-state index contributed by atoms with van der Waals surface area (Å²) in [6.07, 6.45) is 6.88. The molecule has 0 heterocycles. The maximum absolute atomic E-state index is 11.2. The molecule has 0 saturated carbocycles. The van der Waals surface area contributed by atoms with Gasteiger partial charge in [-0.3, -0.25) is 4.99 Å². The molecule has 2 N–H and O–H groups in total. The van der Waals surface area contributed by atoms with Crippen molar-refractivity contribution in [3.8, 4) is 18.1 Å². The highest BCUT2D eigenvalue weighted by Crippen LogP contribution is 2.16. The second kappa shape index (κ2) is 7.58. The molecule has 0 aliphatic carbocycles. The Hall–Kier alpha value is -2.62. The summed E-state index contributed by atoms with van der Waals surface area (Å²) in [5.74, 6) is 3.08. The minimum absolute atomic E-state index is 0.0817. The number of nitrogens with two attached hydrogens (primary N) is 1. The van der Waals surface area contributed by atoms with Crippen LogP contribution >= 0.6 is 0 Å². The third kappa shape index (κ3) is 4.95. The average molecular weight is 328 g/mol. The first-order valence-electron chi connectivity index (χ1n) is 6.77. The molecule has 0 aliphatic rings. The summed E-state index contributed by atoms with van der Waals surface area (Å²) in [5, 5.41) is 5.05. The zero-order chi connectivity index (χ0) is 16.7. The summed E-state index contributed by atoms with van der Waals surface area (Å²) < 4.78 is 27.8. The quantitative estimate of drug-likeness (QED) is 0.650. The molecule has 2 aromatic carbocycles. The molecule has 0 atom stereocenters. The normalized spacial score (nSPS) is 11.3. The van der Waals surface area contributed by atoms with Crippen molar-refractivity contribution >= 4 is 16.2 Å². The third-order valence-corrected chi connectivity index (χ3v) is 3.92. The Kier molecular flexibility index (Phi) is 5.52. The summed E-state index contributed by atoms with van der Waals surface area (Å²) in [5.41, 5.74) is 1.69. The van der Waals surface area contributed by atoms with Crippen molar-refractivity contribution in [3.05, 3.63) is 59.7 Å². The van der Waals surface area contributed by atoms with Gasteiger partial charge in [0.15, 0.2) is 0 Å². The molecule has 0 amide bonds. The van der Waals surface area contributed by atoms with E-state index in [0.717, 1.165) is 11.1 Å². The maximum Gasteiger partial charge on any atom is 0.238 e. The van der Waals surface area contributed by atoms with Crippen LogP contribution in [-0.2, 0) is 16.6 Å². The molecule has 118 valence electrons. The highest BCUT2D eigenvalue weighted by Gasteiger charge is 2.06. The van der Waals surface area contributed by atoms with E-state index in [2.05, 4.69) is 10.9 Å². The zero-order valence-electron chi connectivity index (χ0n) is 12.3. The topological polar surface area (TPSA) is 81.8 Å². The number of rotatable bonds is 6. The molecule has 0 fully saturated rings. The maximum atomic E-state index is 11.2. The van der Waals surface area contributed by atoms with Gasteiger partial charge in [0.05, 0.1) is 11.4 Å². The van der Waals surface area contributed by atoms with Gasteiger partial charge in [-0.25, -0.2) is 13.6 Å². The van der Waals surface area contributed by atoms with Crippen molar-refractivity contribution in [2.24, 2.45) is 10.1 Å². The Morgan fingerprint density at radius 2 is 1.87 bits per heavy atom. The van der Waals surface area contributed by atoms with E-state index in [-0.39, 0.29) is 11.5 Å². The molecule has 0 bridgehead atoms. The highest BCUT2D eigenvalue weighted by atomic mass is 32.2. The van der Waals surface area contributed by atoms with Gasteiger partial charge < -0.3 is 4.74 Å². The molecule has 2 aromatic rings. The SMILES string of the molecule is C#CCOc1ccccc1C=NCc1ccc(S(N)(=O)=O)cc1. The number of terminal acetylenes is 1. The Balaban J connectivity index is 2.06. The van der Waals surface area contributed by atoms with Crippen LogP contribution in [-0.4, -0.2) is 21.2 Å². The summed E-state index contributed by atoms with van der Waals surface area (Å²) in [7, 11) is -3.67. The number of aliphatic imine (C=N–C) groups is 1. The van der Waals surface area contributed by atoms with Crippen molar-refractivity contribution in [2.45, 2.75) is 11.4 Å². The van der Waals surface area contributed by atoms with E-state index in [1.807, 2.05) is 24.3 Å². The Morgan fingerprint density at radius 3 is 2.52 bits per heavy atom. The van der Waals surface area contributed by atoms with E-state index in [0.29, 0.717) is 12.3 Å². The number of nitrogens with zero attached hydrogens (tertiary/aromatic N) is 1. The van der Waals surface area contributed by atoms with Crippen LogP contribution in [0.2, 0.25) is 0 Å². The fraction of sp³-hybridized carbons (Fsp3) is 0.118. The van der Waals surface area contributed by atoms with Crippen molar-refractivity contribution < 1.29 is 13.2 Å². The number of para-hydroxylation sites is 1. The fourth-order valence-corrected chi connectivity index (χ4v) is 2.39. The van der Waals surface area contributed by atoms with Gasteiger partial charge >= 0.3 is 0 Å². The number of sulfonamides is 1. The Morgan fingerprint density at radius 1 is 1.17 bits per heavy atom. The molecule has 0 radical (unpaired) electrons. The summed E-state index contributed by atoms with van der Waals surface area (Å²) in [4.78, 5) is 4.42. The van der Waals surface area contributed by atoms with Crippen LogP contribution in [0.1, 0.15) is 11.1 Å². The lowest BCUT2D eigenvalue weighted by Gasteiger charge is -2.05. The molecular formula is C17H16N2O3S. The first-order chi connectivity index (χ1) is 11.0. The highest BCUT2D eigenvalue weighted by molar-refractivity contribution is 7.89. The molecule has 2 rings (SSSR count). The average Bonchev–Trinajstić information content (AvgIpc) is 2.53. The molecular weight excluding hydrogens is 312 g/mol. The van der Waals surface area contributed by atoms with E-state index in [1.54, 1.807) is 18.3 Å². The predicted molar refractivity (Wildman–Crippen MR) is 89.9 cm³/mol. The Labute approximate surface area is 135 Å². The summed E-state index contributed by atoms with van der Waals surface area (Å²) in [6.45, 7) is 0.605. The van der Waals surface area contributed by atoms with Crippen LogP contribution in [0.5, 0.6) is 5.75 Å². The van der Waals surface area contributed by atoms with Gasteiger partial charge in [0.25, 0.3) is 0 Å². The molecule has 0 aromatic heterocycles. The monoisotopic (exact) mass is 328 g/mol. The lowest BCUT2D eigenvalue weighted by Crippen LogP contribution is -2.11. The van der Waals surface area contributed by atoms with Gasteiger partial charge in [0, 0.05) is 11.8 Å². The first-order valence-corrected chi connectivity index (χ1v) is 8.32. The number of ether oxygens (including phenoxy) is 1. The Bertz CT molecular complexity index is 835. The largest absolute Gasteiger partial charge is 0.480 e. The van der Waals surface area contributed by atoms with E-state index < -0.39 is 10.0 Å². The number of hydrogen-bond acceptors (Lipinski definition) is 4. The number of hydrogen-bond donors (Lipinski definition) is 1. The molecule has 0 aliphatic heterocycles. The van der Waals surface area contributed by atoms with Crippen molar-refractivity contribution in [1.82, 2.24) is 0 Å². The van der Waals surface area contributed by atoms with Crippen LogP contribution in [0.15, 0.2) is 58.4 Å². The minimum Gasteiger partial charge on any atom is -0.480 e. The minimum atomic E-state index is -3.67. The lowest BCUT2D eigenvalue weighted by molar-refractivity contribution is 0.370. The van der Waals surface area contributed by atoms with E-state index in [1.165, 1.54) is 12.1 Å². The van der Waals surface area contributed by atoms with Gasteiger partial charge in [0.2, 0.25) is 10.0 Å². The third-order valence-electron chi connectivity index (χ3n) is 2.99. The smallest absolute Gasteiger partial charge is 0.238 e. The van der Waals surface area contributed by atoms with Crippen LogP contribution in [0, 0.1) is 12.3 Å². The second-order valence-electron chi connectivity index (χ2n) is 4.69. The molecule has 0 spiro atoms. The van der Waals surface area contributed by atoms with Gasteiger partial charge in [-0.15, -0.1) is 6.42 Å². The first kappa shape index (κ1) is 16.7. The zero-order valence-corrected chi connectivity index (χ0v) is 13.2. The molecule has 23 heavy (non-hydrogen) atoms. The van der Waals surface area contributed by atoms with Crippen LogP contribution in [0.3, 0.4) is 0 Å². The van der Waals surface area contributed by atoms with Gasteiger partial charge in [-0.2, -0.15) is 0 Å².